The maximum Gasteiger partial charge on any atom is 0.321 e. The first kappa shape index (κ1) is 12.8. The van der Waals surface area contributed by atoms with Gasteiger partial charge in [0.15, 0.2) is 0 Å². The van der Waals surface area contributed by atoms with Crippen molar-refractivity contribution in [3.05, 3.63) is 0 Å². The second-order valence-corrected chi connectivity index (χ2v) is 3.47. The fraction of sp³-hybridized carbons (Fsp3) is 0.500. The van der Waals surface area contributed by atoms with Crippen molar-refractivity contribution in [2.24, 2.45) is 5.73 Å². The zero-order chi connectivity index (χ0) is 11.0. The summed E-state index contributed by atoms with van der Waals surface area (Å²) in [5.41, 5.74) is 5.22. The number of rotatable bonds is 6. The Kier molecular flexibility index (Phi) is 6.62. The maximum atomic E-state index is 10.9. The third kappa shape index (κ3) is 6.34. The molecule has 1 amide bonds. The second-order valence-electron chi connectivity index (χ2n) is 2.44. The van der Waals surface area contributed by atoms with Gasteiger partial charge in [0.25, 0.3) is 0 Å². The minimum absolute atomic E-state index is 0.169. The van der Waals surface area contributed by atoms with Crippen molar-refractivity contribution in [3.63, 3.8) is 0 Å². The summed E-state index contributed by atoms with van der Waals surface area (Å²) in [6.07, 6.45) is 4.92. The van der Waals surface area contributed by atoms with Crippen LogP contribution in [0.4, 0.5) is 0 Å². The molecule has 0 radical (unpaired) electrons. The highest BCUT2D eigenvalue weighted by atomic mass is 32.2. The van der Waals surface area contributed by atoms with Gasteiger partial charge in [0.05, 0.1) is 12.3 Å². The van der Waals surface area contributed by atoms with Crippen LogP contribution >= 0.6 is 11.8 Å². The molecule has 0 heterocycles. The summed E-state index contributed by atoms with van der Waals surface area (Å²) in [5, 5.41) is 10.9. The lowest BCUT2D eigenvalue weighted by Gasteiger charge is -2.05. The molecular weight excluding hydrogens is 204 g/mol. The standard InChI is InChI=1S/C8H12N2O3S/c1-2-3-10-7(11)5-14-4-6(9)8(12)13/h1,6H,3-5,9H2,(H,10,11)(H,12,13)/t6-/m1/s1. The van der Waals surface area contributed by atoms with E-state index in [0.717, 1.165) is 11.8 Å². The Hall–Kier alpha value is -1.19. The van der Waals surface area contributed by atoms with Gasteiger partial charge in [-0.3, -0.25) is 9.59 Å². The zero-order valence-corrected chi connectivity index (χ0v) is 8.34. The molecular formula is C8H12N2O3S. The van der Waals surface area contributed by atoms with Crippen molar-refractivity contribution in [2.75, 3.05) is 18.1 Å². The van der Waals surface area contributed by atoms with E-state index in [1.54, 1.807) is 0 Å². The van der Waals surface area contributed by atoms with E-state index in [-0.39, 0.29) is 24.0 Å². The third-order valence-corrected chi connectivity index (χ3v) is 2.30. The number of thioether (sulfide) groups is 1. The molecule has 0 aliphatic heterocycles. The molecule has 0 saturated carbocycles. The summed E-state index contributed by atoms with van der Waals surface area (Å²) in [7, 11) is 0. The Morgan fingerprint density at radius 1 is 1.64 bits per heavy atom. The molecule has 0 fully saturated rings. The highest BCUT2D eigenvalue weighted by Crippen LogP contribution is 2.00. The van der Waals surface area contributed by atoms with Crippen LogP contribution in [0.15, 0.2) is 0 Å². The number of hydrogen-bond donors (Lipinski definition) is 3. The summed E-state index contributed by atoms with van der Waals surface area (Å²) in [4.78, 5) is 21.2. The minimum Gasteiger partial charge on any atom is -0.480 e. The molecule has 78 valence electrons. The summed E-state index contributed by atoms with van der Waals surface area (Å²) >= 11 is 1.16. The molecule has 0 bridgehead atoms. The Morgan fingerprint density at radius 3 is 2.79 bits per heavy atom. The molecule has 0 aliphatic carbocycles. The number of aliphatic carboxylic acids is 1. The van der Waals surface area contributed by atoms with Gasteiger partial charge < -0.3 is 16.2 Å². The van der Waals surface area contributed by atoms with E-state index in [9.17, 15) is 9.59 Å². The molecule has 4 N–H and O–H groups in total. The zero-order valence-electron chi connectivity index (χ0n) is 7.53. The average Bonchev–Trinajstić information content (AvgIpc) is 2.14. The molecule has 0 saturated heterocycles. The number of carbonyl (C=O) groups excluding carboxylic acids is 1. The summed E-state index contributed by atoms with van der Waals surface area (Å²) < 4.78 is 0. The van der Waals surface area contributed by atoms with Crippen LogP contribution in [-0.4, -0.2) is 41.1 Å². The van der Waals surface area contributed by atoms with Crippen molar-refractivity contribution < 1.29 is 14.7 Å². The fourth-order valence-electron chi connectivity index (χ4n) is 0.551. The Labute approximate surface area is 86.4 Å². The third-order valence-electron chi connectivity index (χ3n) is 1.24. The van der Waals surface area contributed by atoms with Crippen LogP contribution in [0.25, 0.3) is 0 Å². The molecule has 0 unspecified atom stereocenters. The van der Waals surface area contributed by atoms with Gasteiger partial charge in [0, 0.05) is 5.75 Å². The van der Waals surface area contributed by atoms with E-state index in [1.165, 1.54) is 0 Å². The smallest absolute Gasteiger partial charge is 0.321 e. The highest BCUT2D eigenvalue weighted by Gasteiger charge is 2.11. The van der Waals surface area contributed by atoms with E-state index in [4.69, 9.17) is 17.3 Å². The van der Waals surface area contributed by atoms with Gasteiger partial charge in [-0.25, -0.2) is 0 Å². The minimum atomic E-state index is -1.07. The van der Waals surface area contributed by atoms with Gasteiger partial charge in [-0.2, -0.15) is 0 Å². The van der Waals surface area contributed by atoms with Gasteiger partial charge in [0.1, 0.15) is 6.04 Å². The maximum absolute atomic E-state index is 10.9. The highest BCUT2D eigenvalue weighted by molar-refractivity contribution is 8.00. The Bertz CT molecular complexity index is 249. The quantitative estimate of drug-likeness (QED) is 0.489. The fourth-order valence-corrected chi connectivity index (χ4v) is 1.35. The molecule has 14 heavy (non-hydrogen) atoms. The van der Waals surface area contributed by atoms with Gasteiger partial charge in [-0.15, -0.1) is 18.2 Å². The number of carboxylic acid groups (broad SMARTS) is 1. The Morgan fingerprint density at radius 2 is 2.29 bits per heavy atom. The molecule has 0 aliphatic rings. The number of terminal acetylenes is 1. The second kappa shape index (κ2) is 7.24. The molecule has 6 heteroatoms. The number of nitrogens with one attached hydrogen (secondary N) is 1. The summed E-state index contributed by atoms with van der Waals surface area (Å²) in [5.74, 6) is 1.35. The first-order chi connectivity index (χ1) is 6.57. The number of nitrogens with two attached hydrogens (primary N) is 1. The molecule has 5 nitrogen and oxygen atoms in total. The lowest BCUT2D eigenvalue weighted by Crippen LogP contribution is -2.33. The van der Waals surface area contributed by atoms with Crippen LogP contribution in [0.3, 0.4) is 0 Å². The van der Waals surface area contributed by atoms with E-state index in [0.29, 0.717) is 0 Å². The monoisotopic (exact) mass is 216 g/mol. The molecule has 0 spiro atoms. The molecule has 0 aromatic heterocycles. The van der Waals surface area contributed by atoms with E-state index in [1.807, 2.05) is 0 Å². The molecule has 0 aromatic carbocycles. The van der Waals surface area contributed by atoms with Gasteiger partial charge in [0.2, 0.25) is 5.91 Å². The van der Waals surface area contributed by atoms with Crippen LogP contribution in [0.1, 0.15) is 0 Å². The van der Waals surface area contributed by atoms with Crippen molar-refractivity contribution in [1.82, 2.24) is 5.32 Å². The van der Waals surface area contributed by atoms with Crippen LogP contribution in [-0.2, 0) is 9.59 Å². The first-order valence-electron chi connectivity index (χ1n) is 3.84. The number of hydrogen-bond acceptors (Lipinski definition) is 4. The van der Waals surface area contributed by atoms with Crippen LogP contribution in [0.2, 0.25) is 0 Å². The van der Waals surface area contributed by atoms with E-state index in [2.05, 4.69) is 11.2 Å². The lowest BCUT2D eigenvalue weighted by molar-refractivity contribution is -0.137. The number of carbonyl (C=O) groups is 2. The van der Waals surface area contributed by atoms with Gasteiger partial charge in [-0.1, -0.05) is 5.92 Å². The van der Waals surface area contributed by atoms with Crippen LogP contribution in [0.5, 0.6) is 0 Å². The van der Waals surface area contributed by atoms with E-state index >= 15 is 0 Å². The van der Waals surface area contributed by atoms with Crippen molar-refractivity contribution in [1.29, 1.82) is 0 Å². The predicted octanol–water partition coefficient (Wildman–Crippen LogP) is -1.12. The lowest BCUT2D eigenvalue weighted by atomic mass is 10.4. The summed E-state index contributed by atoms with van der Waals surface area (Å²) in [6.45, 7) is 0.185. The molecule has 0 rings (SSSR count). The van der Waals surface area contributed by atoms with Gasteiger partial charge >= 0.3 is 5.97 Å². The van der Waals surface area contributed by atoms with Crippen molar-refractivity contribution in [3.8, 4) is 12.3 Å². The molecule has 0 aromatic rings. The largest absolute Gasteiger partial charge is 0.480 e. The Balaban J connectivity index is 3.50. The normalized spacial score (nSPS) is 11.4. The van der Waals surface area contributed by atoms with Crippen LogP contribution in [0, 0.1) is 12.3 Å². The predicted molar refractivity (Wildman–Crippen MR) is 54.8 cm³/mol. The average molecular weight is 216 g/mol. The molecule has 1 atom stereocenters. The van der Waals surface area contributed by atoms with Crippen molar-refractivity contribution >= 4 is 23.6 Å². The van der Waals surface area contributed by atoms with E-state index < -0.39 is 12.0 Å². The number of carboxylic acids is 1. The topological polar surface area (TPSA) is 92.4 Å². The van der Waals surface area contributed by atoms with Gasteiger partial charge in [-0.05, 0) is 0 Å². The van der Waals surface area contributed by atoms with Crippen molar-refractivity contribution in [2.45, 2.75) is 6.04 Å². The summed E-state index contributed by atoms with van der Waals surface area (Å²) in [6, 6.07) is -0.930. The SMILES string of the molecule is C#CCNC(=O)CSC[C@@H](N)C(=O)O. The first-order valence-corrected chi connectivity index (χ1v) is 4.99. The number of amides is 1. The van der Waals surface area contributed by atoms with Crippen LogP contribution < -0.4 is 11.1 Å².